The van der Waals surface area contributed by atoms with Gasteiger partial charge in [-0.25, -0.2) is 4.99 Å². The number of methoxy groups -OCH3 is 1. The van der Waals surface area contributed by atoms with Gasteiger partial charge < -0.3 is 4.74 Å². The topological polar surface area (TPSA) is 21.6 Å². The van der Waals surface area contributed by atoms with Crippen molar-refractivity contribution in [1.82, 2.24) is 0 Å². The molecule has 1 atom stereocenters. The fraction of sp³-hybridized carbons (Fsp3) is 0.833. The van der Waals surface area contributed by atoms with E-state index >= 15 is 0 Å². The van der Waals surface area contributed by atoms with Crippen LogP contribution < -0.4 is 0 Å². The summed E-state index contributed by atoms with van der Waals surface area (Å²) < 4.78 is 4.87. The second-order valence-corrected chi connectivity index (χ2v) is 1.92. The molecule has 0 aliphatic heterocycles. The van der Waals surface area contributed by atoms with Crippen molar-refractivity contribution in [3.05, 3.63) is 0 Å². The standard InChI is InChI=1S/C6H11NOS/c1-3-6(4-8-2)7-5-9/h6H,3-4H2,1-2H3/t6-/m0/s1. The van der Waals surface area contributed by atoms with E-state index in [0.717, 1.165) is 6.42 Å². The van der Waals surface area contributed by atoms with Crippen molar-refractivity contribution in [2.75, 3.05) is 13.7 Å². The van der Waals surface area contributed by atoms with Crippen LogP contribution in [0.4, 0.5) is 0 Å². The Hall–Kier alpha value is -0.240. The van der Waals surface area contributed by atoms with Crippen molar-refractivity contribution < 1.29 is 4.74 Å². The lowest BCUT2D eigenvalue weighted by atomic mass is 10.2. The summed E-state index contributed by atoms with van der Waals surface area (Å²) in [5.41, 5.74) is 0. The molecule has 0 aromatic carbocycles. The fourth-order valence-electron chi connectivity index (χ4n) is 0.513. The Labute approximate surface area is 60.9 Å². The Kier molecular flexibility index (Phi) is 5.73. The minimum absolute atomic E-state index is 0.201. The first-order valence-electron chi connectivity index (χ1n) is 2.91. The maximum absolute atomic E-state index is 4.87. The molecule has 0 fully saturated rings. The normalized spacial score (nSPS) is 12.2. The average molecular weight is 145 g/mol. The number of rotatable bonds is 4. The molecule has 0 saturated carbocycles. The number of hydrogen-bond donors (Lipinski definition) is 0. The van der Waals surface area contributed by atoms with E-state index in [2.05, 4.69) is 22.4 Å². The monoisotopic (exact) mass is 145 g/mol. The highest BCUT2D eigenvalue weighted by Crippen LogP contribution is 1.95. The molecule has 0 heterocycles. The average Bonchev–Trinajstić information content (AvgIpc) is 1.88. The van der Waals surface area contributed by atoms with Crippen LogP contribution >= 0.6 is 12.2 Å². The van der Waals surface area contributed by atoms with E-state index in [-0.39, 0.29) is 6.04 Å². The Morgan fingerprint density at radius 3 is 2.78 bits per heavy atom. The van der Waals surface area contributed by atoms with Crippen LogP contribution in [0.25, 0.3) is 0 Å². The smallest absolute Gasteiger partial charge is 0.0833 e. The van der Waals surface area contributed by atoms with Gasteiger partial charge in [0.2, 0.25) is 0 Å². The molecule has 2 nitrogen and oxygen atoms in total. The van der Waals surface area contributed by atoms with Crippen LogP contribution in [0, 0.1) is 0 Å². The van der Waals surface area contributed by atoms with Crippen LogP contribution in [0.5, 0.6) is 0 Å². The molecule has 0 aliphatic carbocycles. The highest BCUT2D eigenvalue weighted by atomic mass is 32.1. The van der Waals surface area contributed by atoms with E-state index < -0.39 is 0 Å². The highest BCUT2D eigenvalue weighted by molar-refractivity contribution is 7.78. The maximum Gasteiger partial charge on any atom is 0.0833 e. The Morgan fingerprint density at radius 2 is 2.44 bits per heavy atom. The van der Waals surface area contributed by atoms with Gasteiger partial charge in [0.25, 0.3) is 0 Å². The summed E-state index contributed by atoms with van der Waals surface area (Å²) in [6.07, 6.45) is 0.956. The summed E-state index contributed by atoms with van der Waals surface area (Å²) in [4.78, 5) is 3.87. The highest BCUT2D eigenvalue weighted by Gasteiger charge is 1.99. The van der Waals surface area contributed by atoms with Crippen LogP contribution in [0.3, 0.4) is 0 Å². The molecule has 0 bridgehead atoms. The lowest BCUT2D eigenvalue weighted by molar-refractivity contribution is 0.179. The van der Waals surface area contributed by atoms with Crippen LogP contribution in [0.2, 0.25) is 0 Å². The number of aliphatic imine (C=N–C) groups is 1. The van der Waals surface area contributed by atoms with Crippen LogP contribution in [0.1, 0.15) is 13.3 Å². The summed E-state index contributed by atoms with van der Waals surface area (Å²) in [7, 11) is 1.65. The minimum Gasteiger partial charge on any atom is -0.382 e. The van der Waals surface area contributed by atoms with Crippen molar-refractivity contribution in [2.24, 2.45) is 4.99 Å². The molecule has 0 N–H and O–H groups in total. The lowest BCUT2D eigenvalue weighted by Gasteiger charge is -2.03. The van der Waals surface area contributed by atoms with Gasteiger partial charge in [0, 0.05) is 7.11 Å². The molecule has 0 amide bonds. The first kappa shape index (κ1) is 8.76. The molecule has 0 rings (SSSR count). The Morgan fingerprint density at radius 1 is 1.78 bits per heavy atom. The van der Waals surface area contributed by atoms with Crippen LogP contribution in [-0.2, 0) is 4.74 Å². The predicted molar refractivity (Wildman–Crippen MR) is 41.0 cm³/mol. The third-order valence-corrected chi connectivity index (χ3v) is 1.17. The van der Waals surface area contributed by atoms with Crippen molar-refractivity contribution in [1.29, 1.82) is 0 Å². The molecular weight excluding hydrogens is 134 g/mol. The van der Waals surface area contributed by atoms with E-state index in [1.807, 2.05) is 6.92 Å². The second-order valence-electron chi connectivity index (χ2n) is 1.74. The molecule has 0 radical (unpaired) electrons. The van der Waals surface area contributed by atoms with Gasteiger partial charge >= 0.3 is 0 Å². The summed E-state index contributed by atoms with van der Waals surface area (Å²) in [5, 5.41) is 2.33. The Balaban J connectivity index is 3.53. The molecule has 0 aromatic heterocycles. The predicted octanol–water partition coefficient (Wildman–Crippen LogP) is 1.51. The quantitative estimate of drug-likeness (QED) is 0.442. The summed E-state index contributed by atoms with van der Waals surface area (Å²) in [5.74, 6) is 0. The molecule has 3 heteroatoms. The SMILES string of the molecule is CC[C@@H](COC)N=C=S. The van der Waals surface area contributed by atoms with Crippen LogP contribution in [-0.4, -0.2) is 24.9 Å². The number of nitrogens with zero attached hydrogens (tertiary/aromatic N) is 1. The zero-order valence-corrected chi connectivity index (χ0v) is 6.57. The summed E-state index contributed by atoms with van der Waals surface area (Å²) in [6, 6.07) is 0.201. The Bertz CT molecular complexity index is 110. The fourth-order valence-corrected chi connectivity index (χ4v) is 0.662. The van der Waals surface area contributed by atoms with E-state index in [1.54, 1.807) is 7.11 Å². The summed E-state index contributed by atoms with van der Waals surface area (Å²) >= 11 is 4.44. The number of ether oxygens (including phenoxy) is 1. The van der Waals surface area contributed by atoms with Gasteiger partial charge in [0.15, 0.2) is 0 Å². The third kappa shape index (κ3) is 4.28. The molecule has 0 aliphatic rings. The molecule has 0 spiro atoms. The number of thiocarbonyl (C=S) groups is 1. The van der Waals surface area contributed by atoms with Crippen molar-refractivity contribution in [2.45, 2.75) is 19.4 Å². The van der Waals surface area contributed by atoms with Crippen molar-refractivity contribution in [3.63, 3.8) is 0 Å². The first-order valence-corrected chi connectivity index (χ1v) is 3.31. The van der Waals surface area contributed by atoms with Gasteiger partial charge in [-0.2, -0.15) is 0 Å². The van der Waals surface area contributed by atoms with Gasteiger partial charge in [-0.3, -0.25) is 0 Å². The van der Waals surface area contributed by atoms with Gasteiger partial charge in [-0.1, -0.05) is 6.92 Å². The molecule has 52 valence electrons. The number of hydrogen-bond acceptors (Lipinski definition) is 3. The van der Waals surface area contributed by atoms with Gasteiger partial charge in [-0.05, 0) is 18.6 Å². The van der Waals surface area contributed by atoms with Crippen molar-refractivity contribution >= 4 is 17.4 Å². The summed E-state index contributed by atoms with van der Waals surface area (Å²) in [6.45, 7) is 2.68. The maximum atomic E-state index is 4.87. The van der Waals surface area contributed by atoms with Gasteiger partial charge in [0.05, 0.1) is 17.8 Å². The molecule has 0 aromatic rings. The van der Waals surface area contributed by atoms with E-state index in [4.69, 9.17) is 4.74 Å². The van der Waals surface area contributed by atoms with Gasteiger partial charge in [0.1, 0.15) is 0 Å². The lowest BCUT2D eigenvalue weighted by Crippen LogP contribution is -2.09. The van der Waals surface area contributed by atoms with Gasteiger partial charge in [-0.15, -0.1) is 0 Å². The van der Waals surface area contributed by atoms with E-state index in [0.29, 0.717) is 6.61 Å². The van der Waals surface area contributed by atoms with E-state index in [1.165, 1.54) is 0 Å². The zero-order chi connectivity index (χ0) is 7.11. The molecular formula is C6H11NOS. The molecule has 0 saturated heterocycles. The minimum atomic E-state index is 0.201. The largest absolute Gasteiger partial charge is 0.382 e. The van der Waals surface area contributed by atoms with Crippen molar-refractivity contribution in [3.8, 4) is 0 Å². The third-order valence-electron chi connectivity index (χ3n) is 1.07. The second kappa shape index (κ2) is 5.89. The van der Waals surface area contributed by atoms with Crippen LogP contribution in [0.15, 0.2) is 4.99 Å². The van der Waals surface area contributed by atoms with E-state index in [9.17, 15) is 0 Å². The number of isothiocyanates is 1. The zero-order valence-electron chi connectivity index (χ0n) is 5.76. The molecule has 0 unspecified atom stereocenters. The first-order chi connectivity index (χ1) is 4.35. The molecule has 9 heavy (non-hydrogen) atoms.